The second kappa shape index (κ2) is 4.34. The normalized spacial score (nSPS) is 10.4. The van der Waals surface area contributed by atoms with Gasteiger partial charge in [0.1, 0.15) is 10.7 Å². The molecule has 1 heterocycles. The van der Waals surface area contributed by atoms with E-state index in [1.807, 2.05) is 0 Å². The lowest BCUT2D eigenvalue weighted by Gasteiger charge is -2.05. The molecule has 0 aliphatic heterocycles. The third-order valence-corrected chi connectivity index (χ3v) is 3.09. The number of halogens is 1. The highest BCUT2D eigenvalue weighted by atomic mass is 79.9. The van der Waals surface area contributed by atoms with Gasteiger partial charge >= 0.3 is 0 Å². The molecular weight excluding hydrogens is 306 g/mol. The molecule has 7 heteroatoms. The lowest BCUT2D eigenvalue weighted by atomic mass is 10.1. The summed E-state index contributed by atoms with van der Waals surface area (Å²) < 4.78 is 0.663. The molecule has 5 nitrogen and oxygen atoms in total. The van der Waals surface area contributed by atoms with Gasteiger partial charge in [-0.05, 0) is 22.0 Å². The van der Waals surface area contributed by atoms with Crippen molar-refractivity contribution in [1.29, 1.82) is 0 Å². The molecule has 0 unspecified atom stereocenters. The fraction of sp³-hybridized carbons (Fsp3) is 0. The summed E-state index contributed by atoms with van der Waals surface area (Å²) in [5.74, 6) is 0. The summed E-state index contributed by atoms with van der Waals surface area (Å²) in [7, 11) is 0. The molecule has 1 aromatic carbocycles. The number of benzene rings is 1. The van der Waals surface area contributed by atoms with Gasteiger partial charge in [0.05, 0.1) is 4.92 Å². The Morgan fingerprint density at radius 1 is 1.47 bits per heavy atom. The first-order chi connectivity index (χ1) is 8.00. The zero-order valence-corrected chi connectivity index (χ0v) is 10.8. The minimum Gasteiger partial charge on any atom is -0.388 e. The van der Waals surface area contributed by atoms with E-state index in [9.17, 15) is 10.1 Å². The summed E-state index contributed by atoms with van der Waals surface area (Å²) >= 11 is 8.18. The van der Waals surface area contributed by atoms with E-state index in [4.69, 9.17) is 18.0 Å². The Balaban J connectivity index is 2.82. The lowest BCUT2D eigenvalue weighted by Crippen LogP contribution is -2.12. The zero-order valence-electron chi connectivity index (χ0n) is 8.38. The van der Waals surface area contributed by atoms with E-state index < -0.39 is 4.92 Å². The molecular formula is C10H6BrN3O2S. The van der Waals surface area contributed by atoms with Gasteiger partial charge in [0, 0.05) is 33.6 Å². The molecule has 0 aliphatic carbocycles. The molecule has 0 bridgehead atoms. The topological polar surface area (TPSA) is 82.0 Å². The van der Waals surface area contributed by atoms with Gasteiger partial charge < -0.3 is 5.73 Å². The van der Waals surface area contributed by atoms with Crippen LogP contribution in [-0.2, 0) is 0 Å². The van der Waals surface area contributed by atoms with Crippen molar-refractivity contribution in [3.05, 3.63) is 44.7 Å². The Labute approximate surface area is 110 Å². The van der Waals surface area contributed by atoms with Crippen molar-refractivity contribution >= 4 is 49.6 Å². The fourth-order valence-electron chi connectivity index (χ4n) is 1.51. The van der Waals surface area contributed by atoms with Crippen LogP contribution in [0.3, 0.4) is 0 Å². The standard InChI is InChI=1S/C10H6BrN3O2S/c11-8-4-13-9(10(12)17)6-2-1-5(14(15)16)3-7(6)8/h1-4H,(H2,12,17). The van der Waals surface area contributed by atoms with Crippen LogP contribution in [0.4, 0.5) is 5.69 Å². The minimum absolute atomic E-state index is 0.0123. The molecule has 0 fully saturated rings. The number of nitrogens with zero attached hydrogens (tertiary/aromatic N) is 2. The second-order valence-electron chi connectivity index (χ2n) is 3.31. The summed E-state index contributed by atoms with van der Waals surface area (Å²) in [6.07, 6.45) is 1.53. The zero-order chi connectivity index (χ0) is 12.6. The Bertz CT molecular complexity index is 645. The largest absolute Gasteiger partial charge is 0.388 e. The van der Waals surface area contributed by atoms with Gasteiger partial charge in [-0.25, -0.2) is 0 Å². The summed E-state index contributed by atoms with van der Waals surface area (Å²) in [6, 6.07) is 4.46. The summed E-state index contributed by atoms with van der Waals surface area (Å²) in [5, 5.41) is 12.1. The predicted molar refractivity (Wildman–Crippen MR) is 72.0 cm³/mol. The van der Waals surface area contributed by atoms with Crippen molar-refractivity contribution in [3.63, 3.8) is 0 Å². The van der Waals surface area contributed by atoms with Crippen molar-refractivity contribution < 1.29 is 4.92 Å². The highest BCUT2D eigenvalue weighted by Crippen LogP contribution is 2.28. The monoisotopic (exact) mass is 311 g/mol. The van der Waals surface area contributed by atoms with Gasteiger partial charge in [0.15, 0.2) is 0 Å². The number of hydrogen-bond donors (Lipinski definition) is 1. The van der Waals surface area contributed by atoms with Crippen LogP contribution in [0, 0.1) is 10.1 Å². The molecule has 0 spiro atoms. The number of thiocarbonyl (C=S) groups is 1. The van der Waals surface area contributed by atoms with Gasteiger partial charge in [0.25, 0.3) is 5.69 Å². The van der Waals surface area contributed by atoms with Crippen LogP contribution in [0.15, 0.2) is 28.9 Å². The first-order valence-corrected chi connectivity index (χ1v) is 5.73. The second-order valence-corrected chi connectivity index (χ2v) is 4.60. The molecule has 86 valence electrons. The number of nitrogens with two attached hydrogens (primary N) is 1. The highest BCUT2D eigenvalue weighted by molar-refractivity contribution is 9.10. The summed E-state index contributed by atoms with van der Waals surface area (Å²) in [4.78, 5) is 14.5. The third-order valence-electron chi connectivity index (χ3n) is 2.27. The van der Waals surface area contributed by atoms with E-state index >= 15 is 0 Å². The van der Waals surface area contributed by atoms with Gasteiger partial charge in [-0.15, -0.1) is 0 Å². The third kappa shape index (κ3) is 2.11. The van der Waals surface area contributed by atoms with Crippen LogP contribution in [0.2, 0.25) is 0 Å². The number of nitro groups is 1. The van der Waals surface area contributed by atoms with Crippen LogP contribution < -0.4 is 5.73 Å². The molecule has 17 heavy (non-hydrogen) atoms. The molecule has 0 amide bonds. The summed E-state index contributed by atoms with van der Waals surface area (Å²) in [5.41, 5.74) is 6.03. The Morgan fingerprint density at radius 2 is 2.18 bits per heavy atom. The molecule has 2 aromatic rings. The van der Waals surface area contributed by atoms with Crippen LogP contribution in [0.5, 0.6) is 0 Å². The number of hydrogen-bond acceptors (Lipinski definition) is 4. The van der Waals surface area contributed by atoms with Crippen LogP contribution >= 0.6 is 28.1 Å². The maximum Gasteiger partial charge on any atom is 0.270 e. The molecule has 0 atom stereocenters. The van der Waals surface area contributed by atoms with E-state index in [0.717, 1.165) is 0 Å². The first-order valence-electron chi connectivity index (χ1n) is 4.53. The molecule has 2 rings (SSSR count). The first kappa shape index (κ1) is 11.9. The van der Waals surface area contributed by atoms with E-state index in [-0.39, 0.29) is 10.7 Å². The maximum atomic E-state index is 10.7. The van der Waals surface area contributed by atoms with E-state index in [1.54, 1.807) is 6.07 Å². The van der Waals surface area contributed by atoms with E-state index in [2.05, 4.69) is 20.9 Å². The number of pyridine rings is 1. The smallest absolute Gasteiger partial charge is 0.270 e. The number of aromatic nitrogens is 1. The minimum atomic E-state index is -0.452. The molecule has 0 aliphatic rings. The molecule has 2 N–H and O–H groups in total. The quantitative estimate of drug-likeness (QED) is 0.523. The van der Waals surface area contributed by atoms with E-state index in [1.165, 1.54) is 18.3 Å². The lowest BCUT2D eigenvalue weighted by molar-refractivity contribution is -0.384. The average Bonchev–Trinajstić information content (AvgIpc) is 2.28. The van der Waals surface area contributed by atoms with Crippen molar-refractivity contribution in [2.24, 2.45) is 5.73 Å². The SMILES string of the molecule is NC(=S)c1ncc(Br)c2cc([N+](=O)[O-])ccc12. The van der Waals surface area contributed by atoms with E-state index in [0.29, 0.717) is 20.9 Å². The van der Waals surface area contributed by atoms with Crippen molar-refractivity contribution in [2.75, 3.05) is 0 Å². The summed E-state index contributed by atoms with van der Waals surface area (Å²) in [6.45, 7) is 0. The van der Waals surface area contributed by atoms with Crippen molar-refractivity contribution in [2.45, 2.75) is 0 Å². The Hall–Kier alpha value is -1.60. The number of nitro benzene ring substituents is 1. The average molecular weight is 312 g/mol. The number of fused-ring (bicyclic) bond motifs is 1. The van der Waals surface area contributed by atoms with Crippen LogP contribution in [0.25, 0.3) is 10.8 Å². The van der Waals surface area contributed by atoms with Crippen LogP contribution in [0.1, 0.15) is 5.69 Å². The molecule has 1 aromatic heterocycles. The molecule has 0 radical (unpaired) electrons. The van der Waals surface area contributed by atoms with Gasteiger partial charge in [0.2, 0.25) is 0 Å². The van der Waals surface area contributed by atoms with Gasteiger partial charge in [-0.2, -0.15) is 0 Å². The Morgan fingerprint density at radius 3 is 2.76 bits per heavy atom. The predicted octanol–water partition coefficient (Wildman–Crippen LogP) is 2.54. The van der Waals surface area contributed by atoms with Crippen molar-refractivity contribution in [3.8, 4) is 0 Å². The fourth-order valence-corrected chi connectivity index (χ4v) is 2.10. The highest BCUT2D eigenvalue weighted by Gasteiger charge is 2.12. The molecule has 0 saturated carbocycles. The van der Waals surface area contributed by atoms with Crippen LogP contribution in [-0.4, -0.2) is 14.9 Å². The Kier molecular flexibility index (Phi) is 3.03. The van der Waals surface area contributed by atoms with Gasteiger partial charge in [-0.1, -0.05) is 12.2 Å². The number of rotatable bonds is 2. The maximum absolute atomic E-state index is 10.7. The number of non-ortho nitro benzene ring substituents is 1. The molecule has 0 saturated heterocycles. The van der Waals surface area contributed by atoms with Crippen molar-refractivity contribution in [1.82, 2.24) is 4.98 Å². The van der Waals surface area contributed by atoms with Gasteiger partial charge in [-0.3, -0.25) is 15.1 Å².